The molecular formula is C19H30N2. The Hall–Kier alpha value is -1.12. The van der Waals surface area contributed by atoms with Crippen LogP contribution in [0.1, 0.15) is 50.7 Å². The van der Waals surface area contributed by atoms with E-state index in [-0.39, 0.29) is 0 Å². The van der Waals surface area contributed by atoms with E-state index in [9.17, 15) is 0 Å². The van der Waals surface area contributed by atoms with Gasteiger partial charge in [0.15, 0.2) is 0 Å². The van der Waals surface area contributed by atoms with Gasteiger partial charge in [0.05, 0.1) is 0 Å². The van der Waals surface area contributed by atoms with Gasteiger partial charge in [0.1, 0.15) is 0 Å². The number of hydrogen-bond donors (Lipinski definition) is 1. The van der Waals surface area contributed by atoms with Crippen molar-refractivity contribution in [2.24, 2.45) is 0 Å². The monoisotopic (exact) mass is 286 g/mol. The highest BCUT2D eigenvalue weighted by Gasteiger charge is 2.18. The standard InChI is InChI=1S/C19H30N2/c1-15(2)14-21-11-9-19(10-12-21)20-13-17-5-7-18(8-6-17)16(3)4/h5-8,16,19-20H,1,9-14H2,2-4H3. The van der Waals surface area contributed by atoms with E-state index in [4.69, 9.17) is 0 Å². The average Bonchev–Trinajstić information content (AvgIpc) is 2.46. The van der Waals surface area contributed by atoms with Crippen LogP contribution in [0.15, 0.2) is 36.4 Å². The minimum atomic E-state index is 0.615. The Morgan fingerprint density at radius 1 is 1.24 bits per heavy atom. The number of nitrogens with one attached hydrogen (secondary N) is 1. The molecule has 0 amide bonds. The van der Waals surface area contributed by atoms with E-state index in [1.54, 1.807) is 0 Å². The SMILES string of the molecule is C=C(C)CN1CCC(NCc2ccc(C(C)C)cc2)CC1. The molecular weight excluding hydrogens is 256 g/mol. The Bertz CT molecular complexity index is 439. The molecule has 0 radical (unpaired) electrons. The zero-order chi connectivity index (χ0) is 15.2. The molecule has 1 aliphatic rings. The zero-order valence-corrected chi connectivity index (χ0v) is 13.9. The first-order chi connectivity index (χ1) is 10.0. The zero-order valence-electron chi connectivity index (χ0n) is 13.9. The fraction of sp³-hybridized carbons (Fsp3) is 0.579. The van der Waals surface area contributed by atoms with E-state index in [1.165, 1.54) is 42.6 Å². The van der Waals surface area contributed by atoms with Gasteiger partial charge in [-0.25, -0.2) is 0 Å². The van der Waals surface area contributed by atoms with Gasteiger partial charge in [0.2, 0.25) is 0 Å². The minimum absolute atomic E-state index is 0.615. The van der Waals surface area contributed by atoms with E-state index >= 15 is 0 Å². The fourth-order valence-electron chi connectivity index (χ4n) is 2.96. The summed E-state index contributed by atoms with van der Waals surface area (Å²) in [7, 11) is 0. The molecule has 0 atom stereocenters. The third kappa shape index (κ3) is 5.29. The normalized spacial score (nSPS) is 17.3. The van der Waals surface area contributed by atoms with Crippen molar-refractivity contribution in [2.45, 2.75) is 52.1 Å². The summed E-state index contributed by atoms with van der Waals surface area (Å²) in [5.41, 5.74) is 4.09. The molecule has 1 N–H and O–H groups in total. The number of hydrogen-bond acceptors (Lipinski definition) is 2. The summed E-state index contributed by atoms with van der Waals surface area (Å²) in [5.74, 6) is 0.615. The number of rotatable bonds is 6. The van der Waals surface area contributed by atoms with E-state index in [0.29, 0.717) is 12.0 Å². The maximum absolute atomic E-state index is 4.01. The van der Waals surface area contributed by atoms with Crippen LogP contribution >= 0.6 is 0 Å². The number of nitrogens with zero attached hydrogens (tertiary/aromatic N) is 1. The molecule has 0 aromatic heterocycles. The highest BCUT2D eigenvalue weighted by atomic mass is 15.1. The predicted octanol–water partition coefficient (Wildman–Crippen LogP) is 3.94. The molecule has 1 aromatic rings. The molecule has 0 aliphatic carbocycles. The van der Waals surface area contributed by atoms with Crippen LogP contribution in [0.25, 0.3) is 0 Å². The maximum atomic E-state index is 4.01. The second kappa shape index (κ2) is 7.77. The number of likely N-dealkylation sites (tertiary alicyclic amines) is 1. The van der Waals surface area contributed by atoms with Crippen LogP contribution < -0.4 is 5.32 Å². The van der Waals surface area contributed by atoms with Gasteiger partial charge in [0, 0.05) is 19.1 Å². The van der Waals surface area contributed by atoms with Crippen molar-refractivity contribution in [3.63, 3.8) is 0 Å². The Morgan fingerprint density at radius 2 is 1.86 bits per heavy atom. The van der Waals surface area contributed by atoms with E-state index in [2.05, 4.69) is 61.8 Å². The summed E-state index contributed by atoms with van der Waals surface area (Å²) in [6.45, 7) is 15.0. The van der Waals surface area contributed by atoms with Gasteiger partial charge in [-0.3, -0.25) is 4.90 Å². The second-order valence-corrected chi connectivity index (χ2v) is 6.78. The highest BCUT2D eigenvalue weighted by Crippen LogP contribution is 2.16. The molecule has 2 nitrogen and oxygen atoms in total. The predicted molar refractivity (Wildman–Crippen MR) is 91.6 cm³/mol. The summed E-state index contributed by atoms with van der Waals surface area (Å²) in [6.07, 6.45) is 2.49. The number of benzene rings is 1. The topological polar surface area (TPSA) is 15.3 Å². The third-order valence-electron chi connectivity index (χ3n) is 4.32. The van der Waals surface area contributed by atoms with Crippen molar-refractivity contribution in [2.75, 3.05) is 19.6 Å². The van der Waals surface area contributed by atoms with Gasteiger partial charge >= 0.3 is 0 Å². The van der Waals surface area contributed by atoms with Crippen LogP contribution in [0.2, 0.25) is 0 Å². The Labute approximate surface area is 130 Å². The molecule has 0 unspecified atom stereocenters. The maximum Gasteiger partial charge on any atom is 0.0208 e. The van der Waals surface area contributed by atoms with Gasteiger partial charge in [-0.15, -0.1) is 0 Å². The van der Waals surface area contributed by atoms with Crippen molar-refractivity contribution >= 4 is 0 Å². The highest BCUT2D eigenvalue weighted by molar-refractivity contribution is 5.24. The van der Waals surface area contributed by atoms with Crippen LogP contribution in [0.3, 0.4) is 0 Å². The van der Waals surface area contributed by atoms with Crippen molar-refractivity contribution in [1.82, 2.24) is 10.2 Å². The lowest BCUT2D eigenvalue weighted by Gasteiger charge is -2.32. The Morgan fingerprint density at radius 3 is 2.38 bits per heavy atom. The quantitative estimate of drug-likeness (QED) is 0.797. The van der Waals surface area contributed by atoms with Crippen LogP contribution in [0.5, 0.6) is 0 Å². The molecule has 2 rings (SSSR count). The molecule has 116 valence electrons. The van der Waals surface area contributed by atoms with Crippen molar-refractivity contribution < 1.29 is 0 Å². The van der Waals surface area contributed by atoms with Gasteiger partial charge in [-0.2, -0.15) is 0 Å². The van der Waals surface area contributed by atoms with Gasteiger partial charge in [0.25, 0.3) is 0 Å². The molecule has 21 heavy (non-hydrogen) atoms. The first-order valence-corrected chi connectivity index (χ1v) is 8.23. The Kier molecular flexibility index (Phi) is 6.01. The van der Waals surface area contributed by atoms with Crippen LogP contribution in [-0.2, 0) is 6.54 Å². The second-order valence-electron chi connectivity index (χ2n) is 6.78. The van der Waals surface area contributed by atoms with Crippen LogP contribution in [0, 0.1) is 0 Å². The summed E-state index contributed by atoms with van der Waals surface area (Å²) < 4.78 is 0. The largest absolute Gasteiger partial charge is 0.310 e. The molecule has 1 aromatic carbocycles. The molecule has 0 saturated carbocycles. The fourth-order valence-corrected chi connectivity index (χ4v) is 2.96. The number of piperidine rings is 1. The van der Waals surface area contributed by atoms with Crippen molar-refractivity contribution in [1.29, 1.82) is 0 Å². The van der Waals surface area contributed by atoms with E-state index < -0.39 is 0 Å². The molecule has 2 heteroatoms. The molecule has 1 saturated heterocycles. The molecule has 1 fully saturated rings. The molecule has 1 aliphatic heterocycles. The molecule has 1 heterocycles. The summed E-state index contributed by atoms with van der Waals surface area (Å²) in [5, 5.41) is 3.71. The van der Waals surface area contributed by atoms with Crippen molar-refractivity contribution in [3.05, 3.63) is 47.5 Å². The minimum Gasteiger partial charge on any atom is -0.310 e. The summed E-state index contributed by atoms with van der Waals surface area (Å²) in [4.78, 5) is 2.51. The molecule has 0 bridgehead atoms. The van der Waals surface area contributed by atoms with E-state index in [0.717, 1.165) is 13.1 Å². The smallest absolute Gasteiger partial charge is 0.0208 e. The van der Waals surface area contributed by atoms with Crippen molar-refractivity contribution in [3.8, 4) is 0 Å². The summed E-state index contributed by atoms with van der Waals surface area (Å²) >= 11 is 0. The molecule has 0 spiro atoms. The summed E-state index contributed by atoms with van der Waals surface area (Å²) in [6, 6.07) is 9.71. The van der Waals surface area contributed by atoms with Crippen LogP contribution in [0.4, 0.5) is 0 Å². The van der Waals surface area contributed by atoms with Crippen LogP contribution in [-0.4, -0.2) is 30.6 Å². The first-order valence-electron chi connectivity index (χ1n) is 8.23. The third-order valence-corrected chi connectivity index (χ3v) is 4.32. The average molecular weight is 286 g/mol. The Balaban J connectivity index is 1.73. The van der Waals surface area contributed by atoms with E-state index in [1.807, 2.05) is 0 Å². The lowest BCUT2D eigenvalue weighted by molar-refractivity contribution is 0.211. The lowest BCUT2D eigenvalue weighted by atomic mass is 10.0. The first kappa shape index (κ1) is 16.3. The lowest BCUT2D eigenvalue weighted by Crippen LogP contribution is -2.42. The van der Waals surface area contributed by atoms with Gasteiger partial charge < -0.3 is 5.32 Å². The van der Waals surface area contributed by atoms with Gasteiger partial charge in [-0.05, 0) is 49.9 Å². The van der Waals surface area contributed by atoms with Gasteiger partial charge in [-0.1, -0.05) is 50.3 Å².